The molecule has 1 atom stereocenters. The topological polar surface area (TPSA) is 73.3 Å². The lowest BCUT2D eigenvalue weighted by molar-refractivity contribution is 0.162. The molecule has 0 saturated carbocycles. The number of hydrogen-bond donors (Lipinski definition) is 3. The van der Waals surface area contributed by atoms with Gasteiger partial charge < -0.3 is 5.11 Å². The van der Waals surface area contributed by atoms with Gasteiger partial charge in [-0.05, 0) is 6.92 Å². The lowest BCUT2D eigenvalue weighted by atomic mass is 10.4. The highest BCUT2D eigenvalue weighted by Crippen LogP contribution is 1.78. The van der Waals surface area contributed by atoms with Crippen LogP contribution in [0, 0.1) is 5.41 Å². The van der Waals surface area contributed by atoms with Crippen LogP contribution in [0.25, 0.3) is 0 Å². The molecule has 48 valence electrons. The maximum atomic E-state index is 8.63. The SMILES string of the molecule is CC(O)CN(N)C=N. The molecule has 0 aliphatic rings. The zero-order valence-electron chi connectivity index (χ0n) is 4.83. The first-order valence-corrected chi connectivity index (χ1v) is 2.37. The molecule has 4 nitrogen and oxygen atoms in total. The van der Waals surface area contributed by atoms with Gasteiger partial charge in [0.25, 0.3) is 0 Å². The quantitative estimate of drug-likeness (QED) is 0.195. The fraction of sp³-hybridized carbons (Fsp3) is 0.750. The van der Waals surface area contributed by atoms with Crippen LogP contribution in [0.5, 0.6) is 0 Å². The van der Waals surface area contributed by atoms with Crippen LogP contribution in [0.15, 0.2) is 0 Å². The molecule has 0 bridgehead atoms. The lowest BCUT2D eigenvalue weighted by Crippen LogP contribution is -2.35. The molecule has 0 saturated heterocycles. The summed E-state index contributed by atoms with van der Waals surface area (Å²) >= 11 is 0. The minimum atomic E-state index is -0.471. The highest BCUT2D eigenvalue weighted by molar-refractivity contribution is 5.49. The molecule has 0 heterocycles. The number of nitrogens with zero attached hydrogens (tertiary/aromatic N) is 1. The van der Waals surface area contributed by atoms with Crippen LogP contribution in [-0.4, -0.2) is 29.1 Å². The molecule has 0 radical (unpaired) electrons. The van der Waals surface area contributed by atoms with E-state index in [0.717, 1.165) is 11.3 Å². The van der Waals surface area contributed by atoms with E-state index in [0.29, 0.717) is 6.54 Å². The molecule has 4 N–H and O–H groups in total. The van der Waals surface area contributed by atoms with Crippen molar-refractivity contribution in [1.29, 1.82) is 5.41 Å². The van der Waals surface area contributed by atoms with Gasteiger partial charge in [-0.3, -0.25) is 10.4 Å². The fourth-order valence-electron chi connectivity index (χ4n) is 0.358. The summed E-state index contributed by atoms with van der Waals surface area (Å²) in [5, 5.41) is 16.3. The van der Waals surface area contributed by atoms with E-state index in [4.69, 9.17) is 16.4 Å². The monoisotopic (exact) mass is 117 g/mol. The van der Waals surface area contributed by atoms with Gasteiger partial charge in [0.15, 0.2) is 0 Å². The summed E-state index contributed by atoms with van der Waals surface area (Å²) in [6.45, 7) is 1.92. The number of aliphatic hydroxyl groups excluding tert-OH is 1. The minimum absolute atomic E-state index is 0.309. The fourth-order valence-corrected chi connectivity index (χ4v) is 0.358. The molecule has 0 amide bonds. The lowest BCUT2D eigenvalue weighted by Gasteiger charge is -2.12. The number of aliphatic hydroxyl groups is 1. The average Bonchev–Trinajstić information content (AvgIpc) is 1.65. The van der Waals surface area contributed by atoms with Crippen molar-refractivity contribution in [2.75, 3.05) is 6.54 Å². The summed E-state index contributed by atoms with van der Waals surface area (Å²) in [6, 6.07) is 0. The second kappa shape index (κ2) is 3.40. The largest absolute Gasteiger partial charge is 0.392 e. The Morgan fingerprint density at radius 3 is 2.62 bits per heavy atom. The van der Waals surface area contributed by atoms with Crippen LogP contribution in [0.1, 0.15) is 6.92 Å². The molecule has 0 spiro atoms. The van der Waals surface area contributed by atoms with Crippen molar-refractivity contribution in [1.82, 2.24) is 5.01 Å². The molecular weight excluding hydrogens is 106 g/mol. The van der Waals surface area contributed by atoms with Crippen LogP contribution in [0.2, 0.25) is 0 Å². The zero-order chi connectivity index (χ0) is 6.57. The number of hydrazine groups is 1. The van der Waals surface area contributed by atoms with E-state index in [1.807, 2.05) is 0 Å². The van der Waals surface area contributed by atoms with Crippen molar-refractivity contribution >= 4 is 6.34 Å². The Bertz CT molecular complexity index is 73.7. The molecule has 1 unspecified atom stereocenters. The smallest absolute Gasteiger partial charge is 0.0959 e. The third-order valence-electron chi connectivity index (χ3n) is 0.641. The Labute approximate surface area is 48.4 Å². The third kappa shape index (κ3) is 3.58. The van der Waals surface area contributed by atoms with Gasteiger partial charge in [0, 0.05) is 0 Å². The molecule has 0 aliphatic heterocycles. The van der Waals surface area contributed by atoms with Crippen molar-refractivity contribution in [2.24, 2.45) is 5.84 Å². The first-order valence-electron chi connectivity index (χ1n) is 2.37. The van der Waals surface area contributed by atoms with Crippen LogP contribution in [0.3, 0.4) is 0 Å². The standard InChI is InChI=1S/C4H11N3O/c1-4(8)2-7(6)3-5/h3-5,8H,2,6H2,1H3. The van der Waals surface area contributed by atoms with Crippen molar-refractivity contribution in [3.8, 4) is 0 Å². The van der Waals surface area contributed by atoms with E-state index >= 15 is 0 Å². The molecule has 0 rings (SSSR count). The maximum Gasteiger partial charge on any atom is 0.0959 e. The normalized spacial score (nSPS) is 12.9. The minimum Gasteiger partial charge on any atom is -0.392 e. The molecular formula is C4H11N3O. The van der Waals surface area contributed by atoms with Gasteiger partial charge in [-0.15, -0.1) is 0 Å². The third-order valence-corrected chi connectivity index (χ3v) is 0.641. The summed E-state index contributed by atoms with van der Waals surface area (Å²) in [5.41, 5.74) is 0. The first-order chi connectivity index (χ1) is 3.66. The van der Waals surface area contributed by atoms with Crippen molar-refractivity contribution in [3.05, 3.63) is 0 Å². The molecule has 0 aromatic carbocycles. The van der Waals surface area contributed by atoms with Gasteiger partial charge in [-0.1, -0.05) is 0 Å². The summed E-state index contributed by atoms with van der Waals surface area (Å²) < 4.78 is 0. The second-order valence-electron chi connectivity index (χ2n) is 1.67. The van der Waals surface area contributed by atoms with Crippen LogP contribution >= 0.6 is 0 Å². The maximum absolute atomic E-state index is 8.63. The van der Waals surface area contributed by atoms with Gasteiger partial charge in [0.2, 0.25) is 0 Å². The van der Waals surface area contributed by atoms with Crippen LogP contribution in [-0.2, 0) is 0 Å². The second-order valence-corrected chi connectivity index (χ2v) is 1.67. The van der Waals surface area contributed by atoms with E-state index in [-0.39, 0.29) is 0 Å². The Morgan fingerprint density at radius 1 is 2.00 bits per heavy atom. The van der Waals surface area contributed by atoms with E-state index in [2.05, 4.69) is 0 Å². The predicted molar refractivity (Wildman–Crippen MR) is 31.4 cm³/mol. The number of nitrogens with one attached hydrogen (secondary N) is 1. The zero-order valence-corrected chi connectivity index (χ0v) is 4.83. The van der Waals surface area contributed by atoms with Gasteiger partial charge >= 0.3 is 0 Å². The van der Waals surface area contributed by atoms with Gasteiger partial charge in [0.1, 0.15) is 0 Å². The van der Waals surface area contributed by atoms with Crippen molar-refractivity contribution in [3.63, 3.8) is 0 Å². The number of rotatable bonds is 3. The van der Waals surface area contributed by atoms with E-state index in [1.54, 1.807) is 6.92 Å². The first kappa shape index (κ1) is 7.39. The average molecular weight is 117 g/mol. The Kier molecular flexibility index (Phi) is 3.14. The number of nitrogens with two attached hydrogens (primary N) is 1. The number of hydrogen-bond acceptors (Lipinski definition) is 3. The van der Waals surface area contributed by atoms with Crippen LogP contribution < -0.4 is 5.84 Å². The Hall–Kier alpha value is -0.610. The van der Waals surface area contributed by atoms with Gasteiger partial charge in [0.05, 0.1) is 19.0 Å². The molecule has 0 fully saturated rings. The molecule has 0 aromatic rings. The molecule has 0 aromatic heterocycles. The summed E-state index contributed by atoms with van der Waals surface area (Å²) in [6.07, 6.45) is 0.494. The van der Waals surface area contributed by atoms with E-state index < -0.39 is 6.10 Å². The highest BCUT2D eigenvalue weighted by Gasteiger charge is 1.96. The van der Waals surface area contributed by atoms with Crippen molar-refractivity contribution in [2.45, 2.75) is 13.0 Å². The Balaban J connectivity index is 3.23. The summed E-state index contributed by atoms with van der Waals surface area (Å²) in [7, 11) is 0. The molecule has 8 heavy (non-hydrogen) atoms. The predicted octanol–water partition coefficient (Wildman–Crippen LogP) is -0.850. The van der Waals surface area contributed by atoms with E-state index in [9.17, 15) is 0 Å². The highest BCUT2D eigenvalue weighted by atomic mass is 16.3. The molecule has 4 heteroatoms. The van der Waals surface area contributed by atoms with E-state index in [1.165, 1.54) is 0 Å². The molecule has 0 aliphatic carbocycles. The van der Waals surface area contributed by atoms with Crippen molar-refractivity contribution < 1.29 is 5.11 Å². The Morgan fingerprint density at radius 2 is 2.50 bits per heavy atom. The van der Waals surface area contributed by atoms with Crippen LogP contribution in [0.4, 0.5) is 0 Å². The summed E-state index contributed by atoms with van der Waals surface area (Å²) in [4.78, 5) is 0. The van der Waals surface area contributed by atoms with Gasteiger partial charge in [-0.25, -0.2) is 5.84 Å². The summed E-state index contributed by atoms with van der Waals surface area (Å²) in [5.74, 6) is 5.10. The van der Waals surface area contributed by atoms with Gasteiger partial charge in [-0.2, -0.15) is 0 Å².